The summed E-state index contributed by atoms with van der Waals surface area (Å²) in [6.45, 7) is 2.50. The quantitative estimate of drug-likeness (QED) is 0.371. The number of pyridine rings is 2. The summed E-state index contributed by atoms with van der Waals surface area (Å²) in [6, 6.07) is 20.5. The third-order valence-electron chi connectivity index (χ3n) is 6.49. The van der Waals surface area contributed by atoms with Crippen LogP contribution >= 0.6 is 11.6 Å². The molecule has 4 aromatic rings. The van der Waals surface area contributed by atoms with Crippen molar-refractivity contribution < 1.29 is 9.59 Å². The van der Waals surface area contributed by atoms with Gasteiger partial charge in [-0.3, -0.25) is 19.5 Å². The Hall–Kier alpha value is -3.81. The Kier molecular flexibility index (Phi) is 7.21. The summed E-state index contributed by atoms with van der Waals surface area (Å²) < 4.78 is 0. The van der Waals surface area contributed by atoms with Gasteiger partial charge in [0.25, 0.3) is 5.91 Å². The number of benzene rings is 2. The Morgan fingerprint density at radius 1 is 0.917 bits per heavy atom. The molecule has 0 bridgehead atoms. The number of piperidine rings is 1. The van der Waals surface area contributed by atoms with Crippen LogP contribution in [0.3, 0.4) is 0 Å². The van der Waals surface area contributed by atoms with Crippen LogP contribution in [0.5, 0.6) is 0 Å². The monoisotopic (exact) mass is 499 g/mol. The average Bonchev–Trinajstić information content (AvgIpc) is 2.91. The zero-order chi connectivity index (χ0) is 24.9. The highest BCUT2D eigenvalue weighted by molar-refractivity contribution is 6.30. The predicted octanol–water partition coefficient (Wildman–Crippen LogP) is 5.39. The van der Waals surface area contributed by atoms with Crippen LogP contribution in [0.4, 0.5) is 11.5 Å². The molecule has 0 saturated carbocycles. The van der Waals surface area contributed by atoms with Crippen LogP contribution in [-0.2, 0) is 11.3 Å². The number of amides is 2. The van der Waals surface area contributed by atoms with Crippen LogP contribution in [0.1, 0.15) is 28.8 Å². The number of carbonyl (C=O) groups is 2. The molecule has 8 heteroatoms. The number of para-hydroxylation sites is 2. The first-order chi connectivity index (χ1) is 17.6. The van der Waals surface area contributed by atoms with E-state index in [2.05, 4.69) is 37.6 Å². The summed E-state index contributed by atoms with van der Waals surface area (Å²) >= 11 is 5.87. The average molecular weight is 500 g/mol. The van der Waals surface area contributed by atoms with Crippen molar-refractivity contribution in [1.29, 1.82) is 0 Å². The largest absolute Gasteiger partial charge is 0.325 e. The van der Waals surface area contributed by atoms with Gasteiger partial charge in [0.05, 0.1) is 21.8 Å². The summed E-state index contributed by atoms with van der Waals surface area (Å²) in [7, 11) is 0. The van der Waals surface area contributed by atoms with Gasteiger partial charge >= 0.3 is 0 Å². The van der Waals surface area contributed by atoms with Crippen LogP contribution in [0.2, 0.25) is 5.02 Å². The minimum Gasteiger partial charge on any atom is -0.325 e. The second kappa shape index (κ2) is 10.8. The lowest BCUT2D eigenvalue weighted by Crippen LogP contribution is -2.38. The van der Waals surface area contributed by atoms with E-state index >= 15 is 0 Å². The minimum atomic E-state index is -0.347. The summed E-state index contributed by atoms with van der Waals surface area (Å²) in [5.74, 6) is -0.127. The second-order valence-electron chi connectivity index (χ2n) is 8.89. The van der Waals surface area contributed by atoms with Crippen molar-refractivity contribution in [3.05, 3.63) is 95.3 Å². The topological polar surface area (TPSA) is 87.2 Å². The van der Waals surface area contributed by atoms with Gasteiger partial charge in [0, 0.05) is 30.2 Å². The van der Waals surface area contributed by atoms with Crippen molar-refractivity contribution >= 4 is 45.8 Å². The smallest absolute Gasteiger partial charge is 0.258 e. The highest BCUT2D eigenvalue weighted by Gasteiger charge is 2.26. The van der Waals surface area contributed by atoms with E-state index in [0.29, 0.717) is 22.1 Å². The molecule has 3 heterocycles. The van der Waals surface area contributed by atoms with Crippen LogP contribution in [0, 0.1) is 5.92 Å². The number of nitrogens with zero attached hydrogens (tertiary/aromatic N) is 3. The molecule has 7 nitrogen and oxygen atoms in total. The lowest BCUT2D eigenvalue weighted by molar-refractivity contribution is -0.121. The van der Waals surface area contributed by atoms with E-state index in [-0.39, 0.29) is 17.7 Å². The Morgan fingerprint density at radius 3 is 2.50 bits per heavy atom. The van der Waals surface area contributed by atoms with Gasteiger partial charge in [0.1, 0.15) is 5.82 Å². The van der Waals surface area contributed by atoms with Gasteiger partial charge in [-0.25, -0.2) is 4.98 Å². The van der Waals surface area contributed by atoms with Gasteiger partial charge in [-0.1, -0.05) is 41.9 Å². The Morgan fingerprint density at radius 2 is 1.69 bits per heavy atom. The number of aromatic nitrogens is 2. The number of anilines is 2. The molecule has 182 valence electrons. The lowest BCUT2D eigenvalue weighted by atomic mass is 9.95. The van der Waals surface area contributed by atoms with Crippen molar-refractivity contribution in [2.75, 3.05) is 23.7 Å². The first-order valence-electron chi connectivity index (χ1n) is 11.9. The number of carbonyl (C=O) groups excluding carboxylic acids is 2. The summed E-state index contributed by atoms with van der Waals surface area (Å²) in [5, 5.41) is 7.38. The normalized spacial score (nSPS) is 14.5. The van der Waals surface area contributed by atoms with Gasteiger partial charge in [-0.05, 0) is 67.9 Å². The fourth-order valence-electron chi connectivity index (χ4n) is 4.55. The molecule has 2 aromatic carbocycles. The van der Waals surface area contributed by atoms with E-state index in [0.717, 1.165) is 38.0 Å². The molecule has 0 atom stereocenters. The molecule has 1 fully saturated rings. The van der Waals surface area contributed by atoms with E-state index < -0.39 is 0 Å². The number of likely N-dealkylation sites (tertiary alicyclic amines) is 1. The molecule has 1 aliphatic heterocycles. The molecule has 5 rings (SSSR count). The standard InChI is InChI=1S/C28H26ClN5O2/c29-21-9-10-26(31-17-21)33-28(36)23-6-2-4-8-25(23)32-27(35)19-12-15-34(16-13-19)18-20-11-14-30-24-7-3-1-5-22(20)24/h1-11,14,17,19H,12-13,15-16,18H2,(H,32,35)(H,31,33,36). The van der Waals surface area contributed by atoms with Gasteiger partial charge in [0.2, 0.25) is 5.91 Å². The number of nitrogens with one attached hydrogen (secondary N) is 2. The van der Waals surface area contributed by atoms with Crippen molar-refractivity contribution in [3.8, 4) is 0 Å². The number of fused-ring (bicyclic) bond motifs is 1. The zero-order valence-corrected chi connectivity index (χ0v) is 20.4. The molecule has 2 amide bonds. The molecule has 1 saturated heterocycles. The Bertz CT molecular complexity index is 1380. The van der Waals surface area contributed by atoms with Gasteiger partial charge < -0.3 is 10.6 Å². The molecular formula is C28H26ClN5O2. The van der Waals surface area contributed by atoms with Crippen LogP contribution in [0.25, 0.3) is 10.9 Å². The van der Waals surface area contributed by atoms with Crippen molar-refractivity contribution in [2.24, 2.45) is 5.92 Å². The van der Waals surface area contributed by atoms with Crippen molar-refractivity contribution in [1.82, 2.24) is 14.9 Å². The number of halogens is 1. The van der Waals surface area contributed by atoms with Crippen LogP contribution in [0.15, 0.2) is 79.1 Å². The highest BCUT2D eigenvalue weighted by Crippen LogP contribution is 2.25. The molecular weight excluding hydrogens is 474 g/mol. The molecule has 2 aromatic heterocycles. The van der Waals surface area contributed by atoms with Gasteiger partial charge in [-0.2, -0.15) is 0 Å². The third kappa shape index (κ3) is 5.53. The summed E-state index contributed by atoms with van der Waals surface area (Å²) in [6.07, 6.45) is 4.85. The summed E-state index contributed by atoms with van der Waals surface area (Å²) in [5.41, 5.74) is 3.11. The molecule has 0 aliphatic carbocycles. The van der Waals surface area contributed by atoms with Crippen LogP contribution < -0.4 is 10.6 Å². The first-order valence-corrected chi connectivity index (χ1v) is 12.3. The van der Waals surface area contributed by atoms with E-state index in [1.165, 1.54) is 17.1 Å². The highest BCUT2D eigenvalue weighted by atomic mass is 35.5. The zero-order valence-electron chi connectivity index (χ0n) is 19.7. The fraction of sp³-hybridized carbons (Fsp3) is 0.214. The second-order valence-corrected chi connectivity index (χ2v) is 9.32. The van der Waals surface area contributed by atoms with E-state index in [1.54, 1.807) is 36.4 Å². The maximum Gasteiger partial charge on any atom is 0.258 e. The maximum absolute atomic E-state index is 13.1. The van der Waals surface area contributed by atoms with E-state index in [4.69, 9.17) is 11.6 Å². The SMILES string of the molecule is O=C(Nc1ccc(Cl)cn1)c1ccccc1NC(=O)C1CCN(Cc2ccnc3ccccc23)CC1. The fourth-order valence-corrected chi connectivity index (χ4v) is 4.66. The van der Waals surface area contributed by atoms with Gasteiger partial charge in [-0.15, -0.1) is 0 Å². The molecule has 0 spiro atoms. The predicted molar refractivity (Wildman–Crippen MR) is 142 cm³/mol. The van der Waals surface area contributed by atoms with Crippen LogP contribution in [-0.4, -0.2) is 39.8 Å². The number of hydrogen-bond acceptors (Lipinski definition) is 5. The number of rotatable bonds is 6. The first kappa shape index (κ1) is 23.9. The number of hydrogen-bond donors (Lipinski definition) is 2. The van der Waals surface area contributed by atoms with E-state index in [9.17, 15) is 9.59 Å². The molecule has 2 N–H and O–H groups in total. The Balaban J connectivity index is 1.19. The van der Waals surface area contributed by atoms with Crippen molar-refractivity contribution in [3.63, 3.8) is 0 Å². The minimum absolute atomic E-state index is 0.0612. The molecule has 0 unspecified atom stereocenters. The van der Waals surface area contributed by atoms with Crippen molar-refractivity contribution in [2.45, 2.75) is 19.4 Å². The maximum atomic E-state index is 13.1. The summed E-state index contributed by atoms with van der Waals surface area (Å²) in [4.78, 5) is 36.9. The lowest BCUT2D eigenvalue weighted by Gasteiger charge is -2.31. The third-order valence-corrected chi connectivity index (χ3v) is 6.71. The molecule has 36 heavy (non-hydrogen) atoms. The van der Waals surface area contributed by atoms with E-state index in [1.807, 2.05) is 24.4 Å². The Labute approximate surface area is 214 Å². The molecule has 0 radical (unpaired) electrons. The molecule has 1 aliphatic rings. The van der Waals surface area contributed by atoms with Gasteiger partial charge in [0.15, 0.2) is 0 Å².